The van der Waals surface area contributed by atoms with Crippen LogP contribution in [0.15, 0.2) is 48.5 Å². The van der Waals surface area contributed by atoms with Crippen LogP contribution in [-0.4, -0.2) is 52.9 Å². The SMILES string of the molecule is N=C(N)c1ccc(CNC(=O)CCC(=O)[C@@H](CO)NCCc2cccc(C(=O)O)c2)cc1. The lowest BCUT2D eigenvalue weighted by Gasteiger charge is -2.15. The molecule has 0 heterocycles. The zero-order chi connectivity index (χ0) is 23.5. The predicted octanol–water partition coefficient (Wildman–Crippen LogP) is 0.828. The van der Waals surface area contributed by atoms with Gasteiger partial charge in [-0.15, -0.1) is 0 Å². The lowest BCUT2D eigenvalue weighted by molar-refractivity contribution is -0.127. The molecule has 9 nitrogen and oxygen atoms in total. The van der Waals surface area contributed by atoms with Crippen LogP contribution < -0.4 is 16.4 Å². The summed E-state index contributed by atoms with van der Waals surface area (Å²) >= 11 is 0. The molecule has 7 N–H and O–H groups in total. The van der Waals surface area contributed by atoms with Crippen LogP contribution >= 0.6 is 0 Å². The number of benzene rings is 2. The molecule has 0 aromatic heterocycles. The minimum absolute atomic E-state index is 0.00317. The summed E-state index contributed by atoms with van der Waals surface area (Å²) < 4.78 is 0. The number of nitrogens with one attached hydrogen (secondary N) is 3. The first-order chi connectivity index (χ1) is 15.3. The van der Waals surface area contributed by atoms with Crippen LogP contribution in [0.5, 0.6) is 0 Å². The van der Waals surface area contributed by atoms with Crippen molar-refractivity contribution >= 4 is 23.5 Å². The molecule has 0 unspecified atom stereocenters. The summed E-state index contributed by atoms with van der Waals surface area (Å²) in [5.74, 6) is -1.58. The van der Waals surface area contributed by atoms with E-state index in [1.54, 1.807) is 42.5 Å². The first-order valence-corrected chi connectivity index (χ1v) is 10.2. The van der Waals surface area contributed by atoms with Gasteiger partial charge in [-0.25, -0.2) is 4.79 Å². The molecule has 0 fully saturated rings. The minimum atomic E-state index is -1.01. The van der Waals surface area contributed by atoms with Gasteiger partial charge in [-0.3, -0.25) is 15.0 Å². The fourth-order valence-corrected chi connectivity index (χ4v) is 3.03. The number of Topliss-reactive ketones (excluding diaryl/α,β-unsaturated/α-hetero) is 1. The summed E-state index contributed by atoms with van der Waals surface area (Å²) in [6, 6.07) is 12.7. The van der Waals surface area contributed by atoms with Gasteiger partial charge in [0, 0.05) is 24.9 Å². The molecule has 0 saturated heterocycles. The van der Waals surface area contributed by atoms with Gasteiger partial charge < -0.3 is 26.6 Å². The number of carbonyl (C=O) groups excluding carboxylic acids is 2. The summed E-state index contributed by atoms with van der Waals surface area (Å²) in [7, 11) is 0. The Morgan fingerprint density at radius 2 is 1.72 bits per heavy atom. The van der Waals surface area contributed by atoms with Crippen molar-refractivity contribution in [1.82, 2.24) is 10.6 Å². The van der Waals surface area contributed by atoms with E-state index in [1.807, 2.05) is 0 Å². The van der Waals surface area contributed by atoms with Crippen LogP contribution in [0.3, 0.4) is 0 Å². The van der Waals surface area contributed by atoms with Crippen molar-refractivity contribution in [2.24, 2.45) is 5.73 Å². The number of carbonyl (C=O) groups is 3. The molecule has 0 aliphatic rings. The van der Waals surface area contributed by atoms with Gasteiger partial charge in [-0.1, -0.05) is 36.4 Å². The second kappa shape index (κ2) is 12.3. The summed E-state index contributed by atoms with van der Waals surface area (Å²) in [4.78, 5) is 35.4. The Morgan fingerprint density at radius 1 is 1.00 bits per heavy atom. The van der Waals surface area contributed by atoms with Crippen LogP contribution in [0.2, 0.25) is 0 Å². The molecule has 2 aromatic rings. The second-order valence-corrected chi connectivity index (χ2v) is 7.30. The number of nitrogen functional groups attached to an aromatic ring is 1. The monoisotopic (exact) mass is 440 g/mol. The standard InChI is InChI=1S/C23H28N4O5/c24-22(25)17-6-4-16(5-7-17)13-27-21(30)9-8-20(29)19(14-28)26-11-10-15-2-1-3-18(12-15)23(31)32/h1-7,12,19,26,28H,8-11,13-14H2,(H3,24,25)(H,27,30)(H,31,32)/t19-/m1/s1. The van der Waals surface area contributed by atoms with E-state index in [9.17, 15) is 19.5 Å². The number of hydrogen-bond donors (Lipinski definition) is 6. The van der Waals surface area contributed by atoms with Crippen LogP contribution in [0.1, 0.15) is 39.9 Å². The molecule has 2 rings (SSSR count). The Labute approximate surface area is 186 Å². The van der Waals surface area contributed by atoms with E-state index in [0.717, 1.165) is 11.1 Å². The Morgan fingerprint density at radius 3 is 2.34 bits per heavy atom. The normalized spacial score (nSPS) is 11.5. The van der Waals surface area contributed by atoms with Gasteiger partial charge in [0.2, 0.25) is 5.91 Å². The first-order valence-electron chi connectivity index (χ1n) is 10.2. The van der Waals surface area contributed by atoms with Crippen LogP contribution in [0.4, 0.5) is 0 Å². The highest BCUT2D eigenvalue weighted by Crippen LogP contribution is 2.07. The molecule has 170 valence electrons. The maximum atomic E-state index is 12.3. The van der Waals surface area contributed by atoms with Crippen molar-refractivity contribution in [3.05, 3.63) is 70.8 Å². The molecular formula is C23H28N4O5. The highest BCUT2D eigenvalue weighted by atomic mass is 16.4. The van der Waals surface area contributed by atoms with Gasteiger partial charge in [0.05, 0.1) is 18.2 Å². The number of carboxylic acid groups (broad SMARTS) is 1. The number of aromatic carboxylic acids is 1. The first kappa shape index (κ1) is 24.7. The molecule has 0 radical (unpaired) electrons. The molecule has 0 bridgehead atoms. The van der Waals surface area contributed by atoms with Crippen LogP contribution in [-0.2, 0) is 22.6 Å². The molecule has 1 amide bonds. The Balaban J connectivity index is 1.72. The molecule has 0 aliphatic carbocycles. The number of aliphatic hydroxyl groups is 1. The summed E-state index contributed by atoms with van der Waals surface area (Å²) in [5.41, 5.74) is 7.84. The number of amides is 1. The largest absolute Gasteiger partial charge is 0.478 e. The molecule has 0 aliphatic heterocycles. The molecule has 9 heteroatoms. The summed E-state index contributed by atoms with van der Waals surface area (Å²) in [6.07, 6.45) is 0.485. The van der Waals surface area contributed by atoms with E-state index in [4.69, 9.17) is 16.2 Å². The van der Waals surface area contributed by atoms with E-state index in [2.05, 4.69) is 10.6 Å². The number of aliphatic hydroxyl groups excluding tert-OH is 1. The van der Waals surface area contributed by atoms with Crippen LogP contribution in [0, 0.1) is 5.41 Å². The predicted molar refractivity (Wildman–Crippen MR) is 120 cm³/mol. The number of nitrogens with two attached hydrogens (primary N) is 1. The third kappa shape index (κ3) is 7.93. The highest BCUT2D eigenvalue weighted by Gasteiger charge is 2.18. The van der Waals surface area contributed by atoms with Gasteiger partial charge >= 0.3 is 5.97 Å². The van der Waals surface area contributed by atoms with E-state index >= 15 is 0 Å². The molecule has 0 spiro atoms. The van der Waals surface area contributed by atoms with Crippen molar-refractivity contribution < 1.29 is 24.6 Å². The van der Waals surface area contributed by atoms with E-state index in [-0.39, 0.29) is 35.9 Å². The third-order valence-corrected chi connectivity index (χ3v) is 4.90. The Kier molecular flexibility index (Phi) is 9.52. The molecule has 0 saturated carbocycles. The van der Waals surface area contributed by atoms with Crippen molar-refractivity contribution in [3.63, 3.8) is 0 Å². The summed E-state index contributed by atoms with van der Waals surface area (Å²) in [6.45, 7) is 0.281. The Bertz CT molecular complexity index is 959. The molecule has 2 aromatic carbocycles. The van der Waals surface area contributed by atoms with Crippen molar-refractivity contribution in [2.45, 2.75) is 31.8 Å². The third-order valence-electron chi connectivity index (χ3n) is 4.90. The fourth-order valence-electron chi connectivity index (χ4n) is 3.03. The number of ketones is 1. The van der Waals surface area contributed by atoms with Gasteiger partial charge in [0.1, 0.15) is 5.84 Å². The second-order valence-electron chi connectivity index (χ2n) is 7.30. The van der Waals surface area contributed by atoms with Gasteiger partial charge in [0.15, 0.2) is 5.78 Å². The number of hydrogen-bond acceptors (Lipinski definition) is 6. The maximum absolute atomic E-state index is 12.3. The van der Waals surface area contributed by atoms with Crippen molar-refractivity contribution in [1.29, 1.82) is 5.41 Å². The molecular weight excluding hydrogens is 412 g/mol. The quantitative estimate of drug-likeness (QED) is 0.198. The van der Waals surface area contributed by atoms with Gasteiger partial charge in [-0.05, 0) is 36.2 Å². The topological polar surface area (TPSA) is 166 Å². The lowest BCUT2D eigenvalue weighted by atomic mass is 10.1. The summed E-state index contributed by atoms with van der Waals surface area (Å²) in [5, 5.41) is 31.6. The van der Waals surface area contributed by atoms with E-state index < -0.39 is 18.6 Å². The average molecular weight is 441 g/mol. The average Bonchev–Trinajstić information content (AvgIpc) is 2.79. The zero-order valence-corrected chi connectivity index (χ0v) is 17.6. The van der Waals surface area contributed by atoms with Crippen molar-refractivity contribution in [3.8, 4) is 0 Å². The van der Waals surface area contributed by atoms with E-state index in [1.165, 1.54) is 6.07 Å². The number of carboxylic acids is 1. The Hall–Kier alpha value is -3.56. The van der Waals surface area contributed by atoms with E-state index in [0.29, 0.717) is 25.1 Å². The maximum Gasteiger partial charge on any atom is 0.335 e. The fraction of sp³-hybridized carbons (Fsp3) is 0.304. The molecule has 32 heavy (non-hydrogen) atoms. The van der Waals surface area contributed by atoms with Gasteiger partial charge in [0.25, 0.3) is 0 Å². The minimum Gasteiger partial charge on any atom is -0.478 e. The van der Waals surface area contributed by atoms with Crippen LogP contribution in [0.25, 0.3) is 0 Å². The van der Waals surface area contributed by atoms with Crippen molar-refractivity contribution in [2.75, 3.05) is 13.2 Å². The molecule has 1 atom stereocenters. The van der Waals surface area contributed by atoms with Gasteiger partial charge in [-0.2, -0.15) is 0 Å². The lowest BCUT2D eigenvalue weighted by Crippen LogP contribution is -2.41. The number of amidine groups is 1. The number of rotatable bonds is 13. The highest BCUT2D eigenvalue weighted by molar-refractivity contribution is 5.94. The smallest absolute Gasteiger partial charge is 0.335 e. The zero-order valence-electron chi connectivity index (χ0n) is 17.6.